The number of fused-ring (bicyclic) bond motifs is 1. The van der Waals surface area contributed by atoms with E-state index in [4.69, 9.17) is 4.74 Å². The number of hydrogen-bond donors (Lipinski definition) is 2. The van der Waals surface area contributed by atoms with Crippen molar-refractivity contribution < 1.29 is 19.1 Å². The predicted molar refractivity (Wildman–Crippen MR) is 151 cm³/mol. The fourth-order valence-corrected chi connectivity index (χ4v) is 5.35. The van der Waals surface area contributed by atoms with Crippen LogP contribution in [0.15, 0.2) is 48.5 Å². The van der Waals surface area contributed by atoms with Gasteiger partial charge in [0, 0.05) is 56.8 Å². The first-order chi connectivity index (χ1) is 18.3. The monoisotopic (exact) mass is 538 g/mol. The zero-order chi connectivity index (χ0) is 27.1. The first kappa shape index (κ1) is 28.2. The summed E-state index contributed by atoms with van der Waals surface area (Å²) in [5.74, 6) is 0.406. The minimum absolute atomic E-state index is 0.0160. The van der Waals surface area contributed by atoms with E-state index in [-0.39, 0.29) is 36.4 Å². The van der Waals surface area contributed by atoms with Crippen molar-refractivity contribution in [1.82, 2.24) is 20.4 Å². The summed E-state index contributed by atoms with van der Waals surface area (Å²) in [7, 11) is 2.85. The van der Waals surface area contributed by atoms with E-state index in [0.717, 1.165) is 43.9 Å². The number of amides is 3. The first-order valence-corrected chi connectivity index (χ1v) is 14.1. The van der Waals surface area contributed by atoms with Crippen molar-refractivity contribution in [2.24, 2.45) is 0 Å². The molecule has 3 amide bonds. The molecule has 0 saturated carbocycles. The van der Waals surface area contributed by atoms with E-state index in [1.807, 2.05) is 31.2 Å². The van der Waals surface area contributed by atoms with Crippen molar-refractivity contribution in [2.75, 3.05) is 19.6 Å². The molecule has 4 rings (SSSR count). The van der Waals surface area contributed by atoms with Gasteiger partial charge in [-0.2, -0.15) is 0 Å². The van der Waals surface area contributed by atoms with Gasteiger partial charge in [0.15, 0.2) is 0 Å². The van der Waals surface area contributed by atoms with Crippen LogP contribution in [0, 0.1) is 0 Å². The summed E-state index contributed by atoms with van der Waals surface area (Å²) in [6.45, 7) is 8.22. The van der Waals surface area contributed by atoms with Crippen LogP contribution in [0.1, 0.15) is 54.6 Å². The zero-order valence-electron chi connectivity index (χ0n) is 22.3. The van der Waals surface area contributed by atoms with Crippen LogP contribution in [-0.2, 0) is 22.7 Å². The summed E-state index contributed by atoms with van der Waals surface area (Å²) >= 11 is 0. The van der Waals surface area contributed by atoms with E-state index in [1.165, 1.54) is 5.56 Å². The Bertz CT molecular complexity index is 1110. The molecular formula is C29H39N4O4P. The minimum Gasteiger partial charge on any atom is -0.487 e. The van der Waals surface area contributed by atoms with Crippen molar-refractivity contribution >= 4 is 27.5 Å². The van der Waals surface area contributed by atoms with E-state index in [9.17, 15) is 14.4 Å². The average Bonchev–Trinajstić information content (AvgIpc) is 3.23. The maximum atomic E-state index is 13.0. The molecule has 5 atom stereocenters. The number of hydrogen-bond acceptors (Lipinski definition) is 6. The summed E-state index contributed by atoms with van der Waals surface area (Å²) in [5, 5.41) is 5.85. The number of carbonyl (C=O) groups excluding carboxylic acids is 3. The summed E-state index contributed by atoms with van der Waals surface area (Å²) in [6, 6.07) is 16.4. The maximum absolute atomic E-state index is 13.0. The second-order valence-electron chi connectivity index (χ2n) is 10.5. The zero-order valence-corrected chi connectivity index (χ0v) is 23.4. The van der Waals surface area contributed by atoms with Crippen molar-refractivity contribution in [2.45, 2.75) is 70.0 Å². The highest BCUT2D eigenvalue weighted by Gasteiger charge is 2.33. The molecule has 8 nitrogen and oxygen atoms in total. The van der Waals surface area contributed by atoms with Gasteiger partial charge in [0.1, 0.15) is 11.9 Å². The SMILES string of the molecule is CC(P)CNC1CCN(Cc2ccccc2)CC1Oc1ccc2c(c1)CN(C(C)CCC(=O)NC=O)C2=O. The van der Waals surface area contributed by atoms with Crippen LogP contribution in [0.4, 0.5) is 0 Å². The molecule has 204 valence electrons. The maximum Gasteiger partial charge on any atom is 0.254 e. The van der Waals surface area contributed by atoms with Gasteiger partial charge in [0.25, 0.3) is 5.91 Å². The molecule has 0 radical (unpaired) electrons. The van der Waals surface area contributed by atoms with Gasteiger partial charge in [-0.25, -0.2) is 0 Å². The third-order valence-electron chi connectivity index (χ3n) is 7.33. The van der Waals surface area contributed by atoms with Gasteiger partial charge in [-0.05, 0) is 54.8 Å². The minimum atomic E-state index is -0.334. The summed E-state index contributed by atoms with van der Waals surface area (Å²) in [4.78, 5) is 39.4. The highest BCUT2D eigenvalue weighted by atomic mass is 31.0. The van der Waals surface area contributed by atoms with E-state index in [0.29, 0.717) is 30.6 Å². The van der Waals surface area contributed by atoms with Crippen molar-refractivity contribution in [3.63, 3.8) is 0 Å². The van der Waals surface area contributed by atoms with Crippen LogP contribution in [0.5, 0.6) is 5.75 Å². The molecule has 9 heteroatoms. The standard InChI is InChI=1S/C29H39N4O4P/c1-20(8-11-28(35)31-19-34)33-17-23-14-24(9-10-25(23)29(33)36)37-27-18-32(16-22-6-4-3-5-7-22)13-12-26(27)30-15-21(2)38/h3-7,9-10,14,19-21,26-27,30H,8,11-13,15-18,38H2,1-2H3,(H,31,34,35). The lowest BCUT2D eigenvalue weighted by Gasteiger charge is -2.39. The molecule has 1 fully saturated rings. The molecule has 0 aromatic heterocycles. The molecule has 2 aromatic rings. The number of carbonyl (C=O) groups is 3. The van der Waals surface area contributed by atoms with Gasteiger partial charge in [-0.1, -0.05) is 37.3 Å². The van der Waals surface area contributed by atoms with Crippen LogP contribution in [-0.4, -0.2) is 71.5 Å². The van der Waals surface area contributed by atoms with Gasteiger partial charge in [-0.3, -0.25) is 24.6 Å². The van der Waals surface area contributed by atoms with Crippen LogP contribution in [0.3, 0.4) is 0 Å². The molecule has 2 N–H and O–H groups in total. The number of rotatable bonds is 12. The number of nitrogens with zero attached hydrogens (tertiary/aromatic N) is 2. The highest BCUT2D eigenvalue weighted by molar-refractivity contribution is 7.17. The molecule has 2 aliphatic rings. The van der Waals surface area contributed by atoms with E-state index >= 15 is 0 Å². The van der Waals surface area contributed by atoms with Crippen LogP contribution >= 0.6 is 9.24 Å². The summed E-state index contributed by atoms with van der Waals surface area (Å²) in [5.41, 5.74) is 3.39. The second-order valence-corrected chi connectivity index (χ2v) is 11.6. The van der Waals surface area contributed by atoms with Gasteiger partial charge in [0.2, 0.25) is 12.3 Å². The van der Waals surface area contributed by atoms with Crippen molar-refractivity contribution in [3.05, 3.63) is 65.2 Å². The third kappa shape index (κ3) is 7.40. The Balaban J connectivity index is 1.42. The lowest BCUT2D eigenvalue weighted by Crippen LogP contribution is -2.55. The molecular weight excluding hydrogens is 499 g/mol. The lowest BCUT2D eigenvalue weighted by atomic mass is 10.0. The van der Waals surface area contributed by atoms with Crippen molar-refractivity contribution in [1.29, 1.82) is 0 Å². The normalized spacial score (nSPS) is 21.0. The Labute approximate surface area is 227 Å². The average molecular weight is 539 g/mol. The second kappa shape index (κ2) is 13.3. The predicted octanol–water partition coefficient (Wildman–Crippen LogP) is 2.96. The molecule has 2 aliphatic heterocycles. The highest BCUT2D eigenvalue weighted by Crippen LogP contribution is 2.30. The van der Waals surface area contributed by atoms with E-state index in [1.54, 1.807) is 4.90 Å². The number of benzene rings is 2. The van der Waals surface area contributed by atoms with Crippen LogP contribution < -0.4 is 15.4 Å². The largest absolute Gasteiger partial charge is 0.487 e. The summed E-state index contributed by atoms with van der Waals surface area (Å²) in [6.07, 6.45) is 2.06. The topological polar surface area (TPSA) is 91.0 Å². The number of imide groups is 1. The van der Waals surface area contributed by atoms with E-state index < -0.39 is 0 Å². The Morgan fingerprint density at radius 1 is 1.21 bits per heavy atom. The number of nitrogens with one attached hydrogen (secondary N) is 2. The smallest absolute Gasteiger partial charge is 0.254 e. The van der Waals surface area contributed by atoms with Crippen LogP contribution in [0.2, 0.25) is 0 Å². The Morgan fingerprint density at radius 3 is 2.74 bits per heavy atom. The first-order valence-electron chi connectivity index (χ1n) is 13.4. The molecule has 0 bridgehead atoms. The molecule has 2 heterocycles. The number of likely N-dealkylation sites (tertiary alicyclic amines) is 1. The van der Waals surface area contributed by atoms with Gasteiger partial charge in [0.05, 0.1) is 0 Å². The molecule has 1 saturated heterocycles. The molecule has 5 unspecified atom stereocenters. The Hall–Kier alpha value is -2.80. The number of piperidine rings is 1. The van der Waals surface area contributed by atoms with Gasteiger partial charge < -0.3 is 15.0 Å². The fraction of sp³-hybridized carbons (Fsp3) is 0.483. The molecule has 0 aliphatic carbocycles. The fourth-order valence-electron chi connectivity index (χ4n) is 5.21. The number of ether oxygens (including phenoxy) is 1. The third-order valence-corrected chi connectivity index (χ3v) is 7.57. The molecule has 0 spiro atoms. The Morgan fingerprint density at radius 2 is 2.00 bits per heavy atom. The van der Waals surface area contributed by atoms with Gasteiger partial charge >= 0.3 is 0 Å². The van der Waals surface area contributed by atoms with Crippen molar-refractivity contribution in [3.8, 4) is 5.75 Å². The lowest BCUT2D eigenvalue weighted by molar-refractivity contribution is -0.125. The van der Waals surface area contributed by atoms with Gasteiger partial charge in [-0.15, -0.1) is 9.24 Å². The molecule has 2 aromatic carbocycles. The molecule has 38 heavy (non-hydrogen) atoms. The quantitative estimate of drug-likeness (QED) is 0.319. The van der Waals surface area contributed by atoms with Crippen LogP contribution in [0.25, 0.3) is 0 Å². The van der Waals surface area contributed by atoms with E-state index in [2.05, 4.69) is 56.0 Å². The Kier molecular flexibility index (Phi) is 9.89. The summed E-state index contributed by atoms with van der Waals surface area (Å²) < 4.78 is 6.60.